The third-order valence-corrected chi connectivity index (χ3v) is 3.97. The molecule has 2 rings (SSSR count). The summed E-state index contributed by atoms with van der Waals surface area (Å²) in [6, 6.07) is 8.47. The minimum atomic E-state index is -0.0366. The van der Waals surface area contributed by atoms with E-state index in [4.69, 9.17) is 15.2 Å². The van der Waals surface area contributed by atoms with E-state index in [0.717, 1.165) is 19.4 Å². The van der Waals surface area contributed by atoms with E-state index >= 15 is 0 Å². The molecule has 1 aliphatic heterocycles. The SMILES string of the molecule is CCC(N)C(OCC1CCCCO1)c1cccc(C)c1. The maximum absolute atomic E-state index is 6.25. The van der Waals surface area contributed by atoms with Crippen LogP contribution in [0.25, 0.3) is 0 Å². The van der Waals surface area contributed by atoms with E-state index in [1.165, 1.54) is 24.0 Å². The Morgan fingerprint density at radius 2 is 2.25 bits per heavy atom. The Kier molecular flexibility index (Phi) is 6.02. The average Bonchev–Trinajstić information content (AvgIpc) is 2.48. The molecule has 0 aromatic heterocycles. The molecule has 2 N–H and O–H groups in total. The third-order valence-electron chi connectivity index (χ3n) is 3.97. The van der Waals surface area contributed by atoms with Crippen LogP contribution in [0.5, 0.6) is 0 Å². The molecule has 1 saturated heterocycles. The summed E-state index contributed by atoms with van der Waals surface area (Å²) in [5, 5.41) is 0. The van der Waals surface area contributed by atoms with Gasteiger partial charge in [-0.3, -0.25) is 0 Å². The zero-order valence-electron chi connectivity index (χ0n) is 12.7. The molecule has 1 aromatic rings. The Labute approximate surface area is 122 Å². The lowest BCUT2D eigenvalue weighted by Crippen LogP contribution is -2.33. The molecule has 0 spiro atoms. The van der Waals surface area contributed by atoms with Crippen molar-refractivity contribution in [1.82, 2.24) is 0 Å². The molecule has 3 nitrogen and oxygen atoms in total. The molecule has 0 radical (unpaired) electrons. The molecule has 1 heterocycles. The zero-order valence-corrected chi connectivity index (χ0v) is 12.7. The fourth-order valence-corrected chi connectivity index (χ4v) is 2.68. The van der Waals surface area contributed by atoms with Crippen LogP contribution in [-0.2, 0) is 9.47 Å². The highest BCUT2D eigenvalue weighted by molar-refractivity contribution is 5.25. The Balaban J connectivity index is 2.00. The van der Waals surface area contributed by atoms with Crippen molar-refractivity contribution in [3.8, 4) is 0 Å². The van der Waals surface area contributed by atoms with Crippen LogP contribution in [0.15, 0.2) is 24.3 Å². The predicted molar refractivity (Wildman–Crippen MR) is 81.7 cm³/mol. The fourth-order valence-electron chi connectivity index (χ4n) is 2.68. The predicted octanol–water partition coefficient (Wildman–Crippen LogP) is 3.36. The second kappa shape index (κ2) is 7.77. The van der Waals surface area contributed by atoms with Crippen molar-refractivity contribution in [2.45, 2.75) is 57.8 Å². The summed E-state index contributed by atoms with van der Waals surface area (Å²) < 4.78 is 11.9. The monoisotopic (exact) mass is 277 g/mol. The summed E-state index contributed by atoms with van der Waals surface area (Å²) in [7, 11) is 0. The van der Waals surface area contributed by atoms with E-state index in [9.17, 15) is 0 Å². The van der Waals surface area contributed by atoms with Crippen LogP contribution in [-0.4, -0.2) is 25.4 Å². The van der Waals surface area contributed by atoms with Gasteiger partial charge < -0.3 is 15.2 Å². The standard InChI is InChI=1S/C17H27NO2/c1-3-16(18)17(14-8-6-7-13(2)11-14)20-12-15-9-4-5-10-19-15/h6-8,11,15-17H,3-5,9-10,12,18H2,1-2H3. The number of nitrogens with two attached hydrogens (primary N) is 1. The summed E-state index contributed by atoms with van der Waals surface area (Å²) >= 11 is 0. The summed E-state index contributed by atoms with van der Waals surface area (Å²) in [5.74, 6) is 0. The van der Waals surface area contributed by atoms with E-state index < -0.39 is 0 Å². The highest BCUT2D eigenvalue weighted by atomic mass is 16.5. The average molecular weight is 277 g/mol. The molecule has 0 amide bonds. The molecule has 1 aromatic carbocycles. The summed E-state index contributed by atoms with van der Waals surface area (Å²) in [5.41, 5.74) is 8.67. The van der Waals surface area contributed by atoms with Gasteiger partial charge in [-0.1, -0.05) is 36.8 Å². The number of benzene rings is 1. The summed E-state index contributed by atoms with van der Waals surface area (Å²) in [6.07, 6.45) is 4.62. The van der Waals surface area contributed by atoms with Crippen molar-refractivity contribution in [2.75, 3.05) is 13.2 Å². The Morgan fingerprint density at radius 3 is 2.90 bits per heavy atom. The highest BCUT2D eigenvalue weighted by Crippen LogP contribution is 2.24. The first kappa shape index (κ1) is 15.5. The number of ether oxygens (including phenoxy) is 2. The smallest absolute Gasteiger partial charge is 0.0976 e. The number of hydrogen-bond acceptors (Lipinski definition) is 3. The fraction of sp³-hybridized carbons (Fsp3) is 0.647. The van der Waals surface area contributed by atoms with Gasteiger partial charge in [0, 0.05) is 12.6 Å². The Bertz CT molecular complexity index is 402. The Morgan fingerprint density at radius 1 is 1.40 bits per heavy atom. The van der Waals surface area contributed by atoms with Crippen LogP contribution in [0.1, 0.15) is 49.8 Å². The molecule has 3 heteroatoms. The van der Waals surface area contributed by atoms with Crippen LogP contribution in [0, 0.1) is 6.92 Å². The molecule has 1 fully saturated rings. The number of hydrogen-bond donors (Lipinski definition) is 1. The van der Waals surface area contributed by atoms with Crippen molar-refractivity contribution < 1.29 is 9.47 Å². The lowest BCUT2D eigenvalue weighted by Gasteiger charge is -2.28. The number of aryl methyl sites for hydroxylation is 1. The first-order valence-electron chi connectivity index (χ1n) is 7.76. The molecule has 3 atom stereocenters. The lowest BCUT2D eigenvalue weighted by molar-refractivity contribution is -0.0695. The second-order valence-corrected chi connectivity index (χ2v) is 5.73. The van der Waals surface area contributed by atoms with Gasteiger partial charge in [0.1, 0.15) is 0 Å². The van der Waals surface area contributed by atoms with E-state index in [2.05, 4.69) is 38.1 Å². The van der Waals surface area contributed by atoms with Gasteiger partial charge in [0.2, 0.25) is 0 Å². The van der Waals surface area contributed by atoms with Crippen molar-refractivity contribution >= 4 is 0 Å². The van der Waals surface area contributed by atoms with Crippen LogP contribution < -0.4 is 5.73 Å². The largest absolute Gasteiger partial charge is 0.376 e. The van der Waals surface area contributed by atoms with E-state index in [1.54, 1.807) is 0 Å². The van der Waals surface area contributed by atoms with Crippen molar-refractivity contribution in [1.29, 1.82) is 0 Å². The number of rotatable bonds is 6. The molecular formula is C17H27NO2. The van der Waals surface area contributed by atoms with Gasteiger partial charge in [-0.15, -0.1) is 0 Å². The van der Waals surface area contributed by atoms with Crippen LogP contribution >= 0.6 is 0 Å². The van der Waals surface area contributed by atoms with Gasteiger partial charge in [0.25, 0.3) is 0 Å². The first-order chi connectivity index (χ1) is 9.70. The van der Waals surface area contributed by atoms with E-state index in [1.807, 2.05) is 0 Å². The minimum absolute atomic E-state index is 0.0281. The maximum atomic E-state index is 6.25. The zero-order chi connectivity index (χ0) is 14.4. The molecule has 0 bridgehead atoms. The molecule has 20 heavy (non-hydrogen) atoms. The molecule has 1 aliphatic rings. The van der Waals surface area contributed by atoms with Gasteiger partial charge in [-0.05, 0) is 38.2 Å². The van der Waals surface area contributed by atoms with Crippen LogP contribution in [0.3, 0.4) is 0 Å². The molecular weight excluding hydrogens is 250 g/mol. The molecule has 0 saturated carbocycles. The van der Waals surface area contributed by atoms with Crippen LogP contribution in [0.4, 0.5) is 0 Å². The van der Waals surface area contributed by atoms with E-state index in [-0.39, 0.29) is 18.2 Å². The first-order valence-corrected chi connectivity index (χ1v) is 7.76. The van der Waals surface area contributed by atoms with Crippen molar-refractivity contribution in [3.05, 3.63) is 35.4 Å². The van der Waals surface area contributed by atoms with E-state index in [0.29, 0.717) is 6.61 Å². The van der Waals surface area contributed by atoms with Gasteiger partial charge in [0.15, 0.2) is 0 Å². The van der Waals surface area contributed by atoms with Crippen molar-refractivity contribution in [3.63, 3.8) is 0 Å². The molecule has 0 aliphatic carbocycles. The highest BCUT2D eigenvalue weighted by Gasteiger charge is 2.22. The Hall–Kier alpha value is -0.900. The molecule has 3 unspecified atom stereocenters. The van der Waals surface area contributed by atoms with Gasteiger partial charge in [0.05, 0.1) is 18.8 Å². The quantitative estimate of drug-likeness (QED) is 0.867. The summed E-state index contributed by atoms with van der Waals surface area (Å²) in [4.78, 5) is 0. The van der Waals surface area contributed by atoms with Gasteiger partial charge >= 0.3 is 0 Å². The third kappa shape index (κ3) is 4.30. The minimum Gasteiger partial charge on any atom is -0.376 e. The maximum Gasteiger partial charge on any atom is 0.0976 e. The van der Waals surface area contributed by atoms with Crippen molar-refractivity contribution in [2.24, 2.45) is 5.73 Å². The van der Waals surface area contributed by atoms with Gasteiger partial charge in [-0.25, -0.2) is 0 Å². The van der Waals surface area contributed by atoms with Crippen LogP contribution in [0.2, 0.25) is 0 Å². The second-order valence-electron chi connectivity index (χ2n) is 5.73. The normalized spacial score (nSPS) is 22.4. The topological polar surface area (TPSA) is 44.5 Å². The molecule has 112 valence electrons. The summed E-state index contributed by atoms with van der Waals surface area (Å²) in [6.45, 7) is 5.71. The lowest BCUT2D eigenvalue weighted by atomic mass is 9.99. The van der Waals surface area contributed by atoms with Gasteiger partial charge in [-0.2, -0.15) is 0 Å².